The molecule has 1 aromatic heterocycles. The van der Waals surface area contributed by atoms with Gasteiger partial charge in [-0.1, -0.05) is 44.6 Å². The maximum absolute atomic E-state index is 13.6. The van der Waals surface area contributed by atoms with Crippen molar-refractivity contribution in [3.05, 3.63) is 108 Å². The van der Waals surface area contributed by atoms with Crippen molar-refractivity contribution in [2.45, 2.75) is 58.6 Å². The predicted molar refractivity (Wildman–Crippen MR) is 235 cm³/mol. The van der Waals surface area contributed by atoms with Gasteiger partial charge in [-0.25, -0.2) is 0 Å². The van der Waals surface area contributed by atoms with Gasteiger partial charge in [-0.15, -0.1) is 11.3 Å². The average Bonchev–Trinajstić information content (AvgIpc) is 3.58. The summed E-state index contributed by atoms with van der Waals surface area (Å²) in [6.45, 7) is 11.2. The van der Waals surface area contributed by atoms with Gasteiger partial charge < -0.3 is 40.6 Å². The van der Waals surface area contributed by atoms with Crippen LogP contribution in [0.4, 0.5) is 0 Å². The van der Waals surface area contributed by atoms with E-state index >= 15 is 0 Å². The Balaban J connectivity index is 0.000000265. The lowest BCUT2D eigenvalue weighted by atomic mass is 9.97. The Morgan fingerprint density at radius 1 is 0.877 bits per heavy atom. The second-order valence-electron chi connectivity index (χ2n) is 14.2. The van der Waals surface area contributed by atoms with Crippen molar-refractivity contribution in [1.82, 2.24) is 10.2 Å². The van der Waals surface area contributed by atoms with Crippen LogP contribution in [0.1, 0.15) is 61.5 Å². The highest BCUT2D eigenvalue weighted by Crippen LogP contribution is 2.41. The molecule has 6 N–H and O–H groups in total. The topological polar surface area (TPSA) is 147 Å². The number of thiophene rings is 1. The zero-order valence-corrected chi connectivity index (χ0v) is 35.0. The summed E-state index contributed by atoms with van der Waals surface area (Å²) in [5, 5.41) is 33.3. The van der Waals surface area contributed by atoms with Gasteiger partial charge in [0.05, 0.1) is 11.6 Å². The van der Waals surface area contributed by atoms with Crippen LogP contribution in [-0.4, -0.2) is 96.2 Å². The number of nitrogens with zero attached hydrogens (tertiary/aromatic N) is 1. The lowest BCUT2D eigenvalue weighted by molar-refractivity contribution is 0.104. The van der Waals surface area contributed by atoms with Gasteiger partial charge in [-0.05, 0) is 129 Å². The van der Waals surface area contributed by atoms with Gasteiger partial charge in [-0.3, -0.25) is 9.69 Å². The Kier molecular flexibility index (Phi) is 18.7. The van der Waals surface area contributed by atoms with Crippen molar-refractivity contribution < 1.29 is 34.3 Å². The summed E-state index contributed by atoms with van der Waals surface area (Å²) in [6.07, 6.45) is 4.26. The van der Waals surface area contributed by atoms with Crippen molar-refractivity contribution in [2.24, 2.45) is 5.73 Å². The molecule has 1 saturated heterocycles. The first-order chi connectivity index (χ1) is 27.4. The first-order valence-electron chi connectivity index (χ1n) is 19.4. The molecule has 4 aromatic carbocycles. The van der Waals surface area contributed by atoms with Crippen LogP contribution < -0.4 is 20.5 Å². The van der Waals surface area contributed by atoms with Crippen LogP contribution in [-0.2, 0) is 11.2 Å². The number of ketones is 1. The number of hydrogen-bond acceptors (Lipinski definition) is 11. The Hall–Kier alpha value is -4.56. The monoisotopic (exact) mass is 815 g/mol. The molecule has 306 valence electrons. The van der Waals surface area contributed by atoms with Crippen LogP contribution in [0, 0.1) is 0 Å². The van der Waals surface area contributed by atoms with E-state index in [-0.39, 0.29) is 17.3 Å². The number of carbonyl (C=O) groups is 1. The Morgan fingerprint density at radius 3 is 2.12 bits per heavy atom. The summed E-state index contributed by atoms with van der Waals surface area (Å²) in [5.74, 6) is 1.79. The molecule has 57 heavy (non-hydrogen) atoms. The molecule has 1 aliphatic heterocycles. The molecule has 2 heterocycles. The van der Waals surface area contributed by atoms with Crippen LogP contribution in [0.25, 0.3) is 20.5 Å². The van der Waals surface area contributed by atoms with Crippen LogP contribution in [0.15, 0.2) is 91.0 Å². The Morgan fingerprint density at radius 2 is 1.49 bits per heavy atom. The van der Waals surface area contributed by atoms with Crippen molar-refractivity contribution in [2.75, 3.05) is 53.1 Å². The molecule has 1 fully saturated rings. The number of aliphatic hydroxyl groups excluding tert-OH is 1. The Bertz CT molecular complexity index is 1960. The normalized spacial score (nSPS) is 13.2. The molecular weight excluding hydrogens is 759 g/mol. The second kappa shape index (κ2) is 23.6. The van der Waals surface area contributed by atoms with E-state index in [1.807, 2.05) is 62.4 Å². The van der Waals surface area contributed by atoms with E-state index in [0.29, 0.717) is 41.9 Å². The first-order valence-corrected chi connectivity index (χ1v) is 20.6. The largest absolute Gasteiger partial charge is 0.508 e. The number of aromatic hydroxyl groups is 2. The number of carbonyl (C=O) groups excluding carboxylic acids is 1. The van der Waals surface area contributed by atoms with Gasteiger partial charge in [0.15, 0.2) is 5.78 Å². The number of fused-ring (bicyclic) bond motifs is 1. The minimum absolute atomic E-state index is 0.0834. The third-order valence-electron chi connectivity index (χ3n) is 8.99. The molecule has 1 unspecified atom stereocenters. The average molecular weight is 816 g/mol. The number of ether oxygens (including phenoxy) is 3. The van der Waals surface area contributed by atoms with E-state index in [0.717, 1.165) is 64.7 Å². The summed E-state index contributed by atoms with van der Waals surface area (Å²) in [7, 11) is 1.70. The standard InChI is InChI=1S/C28H27NO4S.C15H25NO3.C2H5NS/c30-21-8-4-20(5-9-21)28-26(24-13-10-22(31)18-25(24)34-28)27(32)19-6-11-23(12-7-19)33-17-16-29-14-2-1-3-15-29;1-12(2)16-10-14(17)11-19-15-6-4-13(5-7-15)8-9-18-3;1-2(3)4/h4-13,18,30-31H,1-3,14-17H2;4-7,12,14,16-17H,8-11H2,1-3H3;1H3,(H2,3,4). The van der Waals surface area contributed by atoms with E-state index in [1.165, 1.54) is 36.2 Å². The molecule has 1 atom stereocenters. The van der Waals surface area contributed by atoms with Crippen LogP contribution in [0.3, 0.4) is 0 Å². The molecule has 0 radical (unpaired) electrons. The molecular formula is C45H57N3O7S2. The number of rotatable bonds is 16. The highest BCUT2D eigenvalue weighted by atomic mass is 32.1. The van der Waals surface area contributed by atoms with Crippen LogP contribution in [0.5, 0.6) is 23.0 Å². The molecule has 0 spiro atoms. The van der Waals surface area contributed by atoms with Crippen molar-refractivity contribution in [3.8, 4) is 33.4 Å². The highest BCUT2D eigenvalue weighted by Gasteiger charge is 2.22. The number of phenolic OH excluding ortho intramolecular Hbond substituents is 2. The zero-order valence-electron chi connectivity index (χ0n) is 33.4. The smallest absolute Gasteiger partial charge is 0.195 e. The fourth-order valence-corrected chi connectivity index (χ4v) is 7.28. The first kappa shape index (κ1) is 45.1. The quantitative estimate of drug-likeness (QED) is 0.0488. The summed E-state index contributed by atoms with van der Waals surface area (Å²) in [6, 6.07) is 27.5. The van der Waals surface area contributed by atoms with E-state index in [2.05, 4.69) is 22.4 Å². The van der Waals surface area contributed by atoms with Crippen molar-refractivity contribution in [1.29, 1.82) is 0 Å². The minimum Gasteiger partial charge on any atom is -0.508 e. The summed E-state index contributed by atoms with van der Waals surface area (Å²) < 4.78 is 17.3. The number of thiocarbonyl (C=S) groups is 1. The molecule has 0 amide bonds. The van der Waals surface area contributed by atoms with E-state index in [9.17, 15) is 20.1 Å². The third kappa shape index (κ3) is 15.4. The summed E-state index contributed by atoms with van der Waals surface area (Å²) in [4.78, 5) is 17.4. The number of phenols is 2. The SMILES string of the molecule is CC(N)=S.COCCc1ccc(OCC(O)CNC(C)C)cc1.O=C(c1ccc(OCCN2CCCCC2)cc1)c1c(-c2ccc(O)cc2)sc2cc(O)ccc12. The van der Waals surface area contributed by atoms with Gasteiger partial charge >= 0.3 is 0 Å². The van der Waals surface area contributed by atoms with Crippen molar-refractivity contribution in [3.63, 3.8) is 0 Å². The Labute approximate surface area is 346 Å². The fourth-order valence-electron chi connectivity index (χ4n) is 6.04. The number of nitrogens with one attached hydrogen (secondary N) is 1. The number of aliphatic hydroxyl groups is 1. The summed E-state index contributed by atoms with van der Waals surface area (Å²) in [5.41, 5.74) is 8.09. The molecule has 10 nitrogen and oxygen atoms in total. The van der Waals surface area contributed by atoms with Gasteiger partial charge in [0.2, 0.25) is 0 Å². The second-order valence-corrected chi connectivity index (χ2v) is 15.9. The minimum atomic E-state index is -0.490. The number of benzene rings is 4. The maximum atomic E-state index is 13.6. The molecule has 0 saturated carbocycles. The zero-order chi connectivity index (χ0) is 41.2. The number of hydrogen-bond donors (Lipinski definition) is 5. The summed E-state index contributed by atoms with van der Waals surface area (Å²) >= 11 is 5.77. The molecule has 12 heteroatoms. The van der Waals surface area contributed by atoms with Gasteiger partial charge in [0.1, 0.15) is 42.3 Å². The lowest BCUT2D eigenvalue weighted by Gasteiger charge is -2.26. The molecule has 0 bridgehead atoms. The van der Waals surface area contributed by atoms with Crippen LogP contribution in [0.2, 0.25) is 0 Å². The molecule has 1 aliphatic rings. The predicted octanol–water partition coefficient (Wildman–Crippen LogP) is 7.98. The maximum Gasteiger partial charge on any atom is 0.195 e. The van der Waals surface area contributed by atoms with Gasteiger partial charge in [-0.2, -0.15) is 0 Å². The number of nitrogens with two attached hydrogens (primary N) is 1. The lowest BCUT2D eigenvalue weighted by Crippen LogP contribution is -2.35. The molecule has 6 rings (SSSR count). The highest BCUT2D eigenvalue weighted by molar-refractivity contribution is 7.80. The van der Waals surface area contributed by atoms with Gasteiger partial charge in [0.25, 0.3) is 0 Å². The molecule has 0 aliphatic carbocycles. The van der Waals surface area contributed by atoms with Gasteiger partial charge in [0, 0.05) is 52.3 Å². The number of likely N-dealkylation sites (tertiary alicyclic amines) is 1. The van der Waals surface area contributed by atoms with Crippen molar-refractivity contribution >= 4 is 44.4 Å². The van der Waals surface area contributed by atoms with E-state index < -0.39 is 6.10 Å². The fraction of sp³-hybridized carbons (Fsp3) is 0.378. The molecule has 5 aromatic rings. The van der Waals surface area contributed by atoms with E-state index in [4.69, 9.17) is 19.9 Å². The van der Waals surface area contributed by atoms with Crippen LogP contribution >= 0.6 is 23.6 Å². The van der Waals surface area contributed by atoms with E-state index in [1.54, 1.807) is 56.5 Å². The number of methoxy groups -OCH3 is 1. The number of piperidine rings is 1. The third-order valence-corrected chi connectivity index (χ3v) is 10.2.